The molecule has 0 aliphatic carbocycles. The van der Waals surface area contributed by atoms with E-state index in [0.29, 0.717) is 5.75 Å². The van der Waals surface area contributed by atoms with Crippen LogP contribution in [0.25, 0.3) is 0 Å². The molecule has 1 aromatic carbocycles. The van der Waals surface area contributed by atoms with Crippen molar-refractivity contribution in [2.45, 2.75) is 0 Å². The Kier molecular flexibility index (Phi) is 6.67. The molecular formula is C21H17N3O6. The smallest absolute Gasteiger partial charge is 0.344 e. The summed E-state index contributed by atoms with van der Waals surface area (Å²) in [6, 6.07) is 12.7. The molecule has 1 amide bonds. The highest BCUT2D eigenvalue weighted by Gasteiger charge is 2.18. The number of carbonyl (C=O) groups is 3. The van der Waals surface area contributed by atoms with Gasteiger partial charge in [0.25, 0.3) is 5.91 Å². The quantitative estimate of drug-likeness (QED) is 0.594. The van der Waals surface area contributed by atoms with Gasteiger partial charge in [0.1, 0.15) is 11.3 Å². The van der Waals surface area contributed by atoms with Gasteiger partial charge in [0.15, 0.2) is 6.61 Å². The number of benzene rings is 1. The predicted molar refractivity (Wildman–Crippen MR) is 105 cm³/mol. The normalized spacial score (nSPS) is 10.0. The minimum absolute atomic E-state index is 0.0203. The molecule has 2 heterocycles. The maximum absolute atomic E-state index is 12.4. The molecule has 2 aromatic heterocycles. The first-order chi connectivity index (χ1) is 14.6. The number of esters is 2. The second kappa shape index (κ2) is 9.78. The third kappa shape index (κ3) is 5.16. The Labute approximate surface area is 171 Å². The van der Waals surface area contributed by atoms with E-state index >= 15 is 0 Å². The number of anilines is 1. The zero-order chi connectivity index (χ0) is 21.3. The lowest BCUT2D eigenvalue weighted by Gasteiger charge is -2.11. The van der Waals surface area contributed by atoms with Crippen molar-refractivity contribution in [2.24, 2.45) is 0 Å². The minimum atomic E-state index is -0.793. The van der Waals surface area contributed by atoms with Crippen LogP contribution in [0.2, 0.25) is 0 Å². The number of para-hydroxylation sites is 1. The number of aromatic nitrogens is 2. The van der Waals surface area contributed by atoms with Crippen molar-refractivity contribution in [3.8, 4) is 11.6 Å². The lowest BCUT2D eigenvalue weighted by molar-refractivity contribution is -0.119. The summed E-state index contributed by atoms with van der Waals surface area (Å²) in [6.45, 7) is -0.574. The van der Waals surface area contributed by atoms with Crippen LogP contribution in [-0.2, 0) is 14.3 Å². The van der Waals surface area contributed by atoms with Crippen LogP contribution in [0.5, 0.6) is 11.6 Å². The number of hydrogen-bond acceptors (Lipinski definition) is 8. The Morgan fingerprint density at radius 3 is 2.47 bits per heavy atom. The molecule has 0 bridgehead atoms. The van der Waals surface area contributed by atoms with Gasteiger partial charge in [-0.15, -0.1) is 0 Å². The SMILES string of the molecule is COC(=O)c1ccccc1NC(=O)COC(=O)c1cccnc1Oc1cccnc1. The molecule has 3 rings (SSSR count). The topological polar surface area (TPSA) is 117 Å². The van der Waals surface area contributed by atoms with Gasteiger partial charge in [-0.05, 0) is 36.4 Å². The van der Waals surface area contributed by atoms with E-state index in [-0.39, 0.29) is 22.7 Å². The first-order valence-electron chi connectivity index (χ1n) is 8.75. The van der Waals surface area contributed by atoms with Crippen molar-refractivity contribution in [1.82, 2.24) is 9.97 Å². The van der Waals surface area contributed by atoms with Gasteiger partial charge in [0.05, 0.1) is 24.6 Å². The third-order valence-corrected chi connectivity index (χ3v) is 3.78. The maximum Gasteiger partial charge on any atom is 0.344 e. The number of methoxy groups -OCH3 is 1. The van der Waals surface area contributed by atoms with Crippen LogP contribution in [0, 0.1) is 0 Å². The van der Waals surface area contributed by atoms with Gasteiger partial charge < -0.3 is 19.5 Å². The van der Waals surface area contributed by atoms with E-state index in [9.17, 15) is 14.4 Å². The largest absolute Gasteiger partial charge is 0.465 e. The Morgan fingerprint density at radius 1 is 0.933 bits per heavy atom. The first-order valence-corrected chi connectivity index (χ1v) is 8.75. The van der Waals surface area contributed by atoms with E-state index in [4.69, 9.17) is 9.47 Å². The fraction of sp³-hybridized carbons (Fsp3) is 0.0952. The number of carbonyl (C=O) groups excluding carboxylic acids is 3. The summed E-state index contributed by atoms with van der Waals surface area (Å²) in [5, 5.41) is 2.51. The molecule has 0 saturated carbocycles. The Balaban J connectivity index is 1.64. The average Bonchev–Trinajstić information content (AvgIpc) is 2.78. The molecule has 0 unspecified atom stereocenters. The van der Waals surface area contributed by atoms with Crippen molar-refractivity contribution in [3.05, 3.63) is 78.2 Å². The van der Waals surface area contributed by atoms with E-state index in [1.807, 2.05) is 0 Å². The van der Waals surface area contributed by atoms with Crippen LogP contribution in [-0.4, -0.2) is 41.5 Å². The molecular weight excluding hydrogens is 390 g/mol. The molecule has 30 heavy (non-hydrogen) atoms. The molecule has 3 aromatic rings. The van der Waals surface area contributed by atoms with E-state index in [1.165, 1.54) is 37.7 Å². The van der Waals surface area contributed by atoms with Gasteiger partial charge >= 0.3 is 11.9 Å². The van der Waals surface area contributed by atoms with Gasteiger partial charge in [-0.2, -0.15) is 0 Å². The zero-order valence-corrected chi connectivity index (χ0v) is 15.9. The molecule has 9 heteroatoms. The van der Waals surface area contributed by atoms with Crippen molar-refractivity contribution in [3.63, 3.8) is 0 Å². The summed E-state index contributed by atoms with van der Waals surface area (Å²) < 4.78 is 15.3. The molecule has 0 fully saturated rings. The Bertz CT molecular complexity index is 1060. The second-order valence-electron chi connectivity index (χ2n) is 5.81. The molecule has 0 radical (unpaired) electrons. The second-order valence-corrected chi connectivity index (χ2v) is 5.81. The molecule has 0 atom stereocenters. The van der Waals surface area contributed by atoms with Crippen molar-refractivity contribution in [1.29, 1.82) is 0 Å². The molecule has 0 aliphatic rings. The van der Waals surface area contributed by atoms with Crippen LogP contribution in [0.15, 0.2) is 67.1 Å². The molecule has 1 N–H and O–H groups in total. The van der Waals surface area contributed by atoms with Crippen molar-refractivity contribution in [2.75, 3.05) is 19.0 Å². The number of pyridine rings is 2. The maximum atomic E-state index is 12.4. The number of rotatable bonds is 7. The van der Waals surface area contributed by atoms with Crippen molar-refractivity contribution < 1.29 is 28.6 Å². The van der Waals surface area contributed by atoms with Gasteiger partial charge in [-0.1, -0.05) is 12.1 Å². The zero-order valence-electron chi connectivity index (χ0n) is 15.9. The predicted octanol–water partition coefficient (Wildman–Crippen LogP) is 2.85. The number of nitrogens with one attached hydrogen (secondary N) is 1. The summed E-state index contributed by atoms with van der Waals surface area (Å²) in [6.07, 6.45) is 4.51. The van der Waals surface area contributed by atoms with Crippen LogP contribution in [0.3, 0.4) is 0 Å². The summed E-state index contributed by atoms with van der Waals surface area (Å²) >= 11 is 0. The van der Waals surface area contributed by atoms with Crippen LogP contribution < -0.4 is 10.1 Å². The van der Waals surface area contributed by atoms with Gasteiger partial charge in [-0.25, -0.2) is 14.6 Å². The standard InChI is InChI=1S/C21H17N3O6/c1-28-20(26)15-7-2-3-9-17(15)24-18(25)13-29-21(27)16-8-5-11-23-19(16)30-14-6-4-10-22-12-14/h2-12H,13H2,1H3,(H,24,25). The van der Waals surface area contributed by atoms with Crippen LogP contribution in [0.4, 0.5) is 5.69 Å². The summed E-state index contributed by atoms with van der Waals surface area (Å²) in [5.74, 6) is -1.61. The highest BCUT2D eigenvalue weighted by atomic mass is 16.5. The molecule has 0 spiro atoms. The first kappa shape index (κ1) is 20.5. The Morgan fingerprint density at radius 2 is 1.70 bits per heavy atom. The van der Waals surface area contributed by atoms with Crippen LogP contribution >= 0.6 is 0 Å². The van der Waals surface area contributed by atoms with E-state index in [0.717, 1.165) is 0 Å². The monoisotopic (exact) mass is 407 g/mol. The number of amides is 1. The number of hydrogen-bond donors (Lipinski definition) is 1. The van der Waals surface area contributed by atoms with E-state index in [1.54, 1.807) is 36.5 Å². The summed E-state index contributed by atoms with van der Waals surface area (Å²) in [4.78, 5) is 44.3. The van der Waals surface area contributed by atoms with Crippen molar-refractivity contribution >= 4 is 23.5 Å². The van der Waals surface area contributed by atoms with E-state index < -0.39 is 24.5 Å². The fourth-order valence-corrected chi connectivity index (χ4v) is 2.42. The number of ether oxygens (including phenoxy) is 3. The van der Waals surface area contributed by atoms with Gasteiger partial charge in [-0.3, -0.25) is 9.78 Å². The van der Waals surface area contributed by atoms with Gasteiger partial charge in [0.2, 0.25) is 5.88 Å². The third-order valence-electron chi connectivity index (χ3n) is 3.78. The molecule has 0 saturated heterocycles. The fourth-order valence-electron chi connectivity index (χ4n) is 2.42. The molecule has 9 nitrogen and oxygen atoms in total. The summed E-state index contributed by atoms with van der Waals surface area (Å²) in [5.41, 5.74) is 0.468. The molecule has 0 aliphatic heterocycles. The lowest BCUT2D eigenvalue weighted by Crippen LogP contribution is -2.22. The molecule has 152 valence electrons. The minimum Gasteiger partial charge on any atom is -0.465 e. The van der Waals surface area contributed by atoms with E-state index in [2.05, 4.69) is 20.0 Å². The lowest BCUT2D eigenvalue weighted by atomic mass is 10.2. The highest BCUT2D eigenvalue weighted by molar-refractivity contribution is 6.02. The van der Waals surface area contributed by atoms with Crippen LogP contribution in [0.1, 0.15) is 20.7 Å². The highest BCUT2D eigenvalue weighted by Crippen LogP contribution is 2.22. The summed E-state index contributed by atoms with van der Waals surface area (Å²) in [7, 11) is 1.24. The number of nitrogens with zero attached hydrogens (tertiary/aromatic N) is 2. The Hall–Kier alpha value is -4.27. The van der Waals surface area contributed by atoms with Gasteiger partial charge in [0, 0.05) is 12.4 Å². The average molecular weight is 407 g/mol.